The van der Waals surface area contributed by atoms with Crippen molar-refractivity contribution in [1.82, 2.24) is 14.8 Å². The van der Waals surface area contributed by atoms with Crippen LogP contribution in [-0.2, 0) is 39.8 Å². The minimum Gasteiger partial charge on any atom is -0.418 e. The molecule has 49 valence electrons. The third-order valence-electron chi connectivity index (χ3n) is 0.651. The van der Waals surface area contributed by atoms with Crippen LogP contribution in [-0.4, -0.2) is 14.8 Å². The van der Waals surface area contributed by atoms with Gasteiger partial charge in [-0.25, -0.2) is 0 Å². The van der Waals surface area contributed by atoms with Gasteiger partial charge < -0.3 is 17.1 Å². The molecular formula is C5H9N3Y-2. The summed E-state index contributed by atoms with van der Waals surface area (Å²) < 4.78 is 1.55. The average molecular weight is 200 g/mol. The molecule has 0 bridgehead atoms. The van der Waals surface area contributed by atoms with Crippen molar-refractivity contribution in [3.8, 4) is 0 Å². The molecule has 0 unspecified atom stereocenters. The molecule has 1 rings (SSSR count). The molecule has 3 nitrogen and oxygen atoms in total. The zero-order valence-corrected chi connectivity index (χ0v) is 8.76. The van der Waals surface area contributed by atoms with Crippen LogP contribution in [0.25, 0.3) is 0 Å². The molecule has 1 heterocycles. The molecule has 0 N–H and O–H groups in total. The third-order valence-corrected chi connectivity index (χ3v) is 0.651. The van der Waals surface area contributed by atoms with Gasteiger partial charge in [0.1, 0.15) is 0 Å². The van der Waals surface area contributed by atoms with Gasteiger partial charge in [-0.1, -0.05) is 6.92 Å². The van der Waals surface area contributed by atoms with Crippen LogP contribution in [0.2, 0.25) is 0 Å². The van der Waals surface area contributed by atoms with Crippen molar-refractivity contribution in [3.05, 3.63) is 19.6 Å². The minimum absolute atomic E-state index is 0. The molecule has 0 atom stereocenters. The summed E-state index contributed by atoms with van der Waals surface area (Å²) in [5.74, 6) is 0.766. The maximum absolute atomic E-state index is 3.86. The fourth-order valence-electron chi connectivity index (χ4n) is 0.407. The Hall–Kier alpha value is 0.244. The van der Waals surface area contributed by atoms with Crippen LogP contribution in [0.3, 0.4) is 0 Å². The average Bonchev–Trinajstić information content (AvgIpc) is 1.87. The molecule has 1 radical (unpaired) electrons. The molecule has 0 amide bonds. The summed E-state index contributed by atoms with van der Waals surface area (Å²) >= 11 is 0. The van der Waals surface area contributed by atoms with E-state index in [0.717, 1.165) is 5.82 Å². The van der Waals surface area contributed by atoms with Crippen LogP contribution < -0.4 is 0 Å². The van der Waals surface area contributed by atoms with E-state index >= 15 is 0 Å². The van der Waals surface area contributed by atoms with E-state index in [4.69, 9.17) is 0 Å². The quantitative estimate of drug-likeness (QED) is 0.566. The van der Waals surface area contributed by atoms with Crippen LogP contribution in [0.4, 0.5) is 0 Å². The maximum Gasteiger partial charge on any atom is 0.00951 e. The molecule has 1 aromatic heterocycles. The van der Waals surface area contributed by atoms with Gasteiger partial charge in [0.15, 0.2) is 0 Å². The second kappa shape index (κ2) is 5.06. The van der Waals surface area contributed by atoms with Crippen molar-refractivity contribution >= 4 is 0 Å². The Kier molecular flexibility index (Phi) is 6.73. The number of nitrogens with zero attached hydrogens (tertiary/aromatic N) is 3. The van der Waals surface area contributed by atoms with Crippen LogP contribution in [0, 0.1) is 20.7 Å². The number of aromatic nitrogens is 3. The molecule has 0 spiro atoms. The first kappa shape index (κ1) is 12.0. The smallest absolute Gasteiger partial charge is 0.00951 e. The summed E-state index contributed by atoms with van der Waals surface area (Å²) in [5.41, 5.74) is 0. The normalized spacial score (nSPS) is 7.33. The zero-order valence-electron chi connectivity index (χ0n) is 5.92. The molecule has 0 fully saturated rings. The monoisotopic (exact) mass is 200 g/mol. The van der Waals surface area contributed by atoms with E-state index in [-0.39, 0.29) is 40.1 Å². The Morgan fingerprint density at radius 3 is 2.22 bits per heavy atom. The molecule has 4 heteroatoms. The van der Waals surface area contributed by atoms with Gasteiger partial charge in [-0.3, -0.25) is 5.10 Å². The van der Waals surface area contributed by atoms with Crippen LogP contribution >= 0.6 is 0 Å². The van der Waals surface area contributed by atoms with E-state index < -0.39 is 0 Å². The van der Waals surface area contributed by atoms with Crippen molar-refractivity contribution in [2.45, 2.75) is 6.92 Å². The summed E-state index contributed by atoms with van der Waals surface area (Å²) in [6.07, 6.45) is 2.62. The predicted molar refractivity (Wildman–Crippen MR) is 31.0 cm³/mol. The second-order valence-corrected chi connectivity index (χ2v) is 1.38. The van der Waals surface area contributed by atoms with Crippen LogP contribution in [0.1, 0.15) is 5.82 Å². The molecule has 0 aromatic carbocycles. The van der Waals surface area contributed by atoms with E-state index in [1.54, 1.807) is 11.7 Å². The van der Waals surface area contributed by atoms with E-state index in [0.29, 0.717) is 0 Å². The molecule has 0 saturated carbocycles. The number of hydrogen-bond donors (Lipinski definition) is 0. The Morgan fingerprint density at radius 2 is 2.11 bits per heavy atom. The largest absolute Gasteiger partial charge is 0.418 e. The van der Waals surface area contributed by atoms with Crippen molar-refractivity contribution in [2.24, 2.45) is 7.05 Å². The van der Waals surface area contributed by atoms with Crippen LogP contribution in [0.15, 0.2) is 0 Å². The number of hydrogen-bond acceptors (Lipinski definition) is 2. The summed E-state index contributed by atoms with van der Waals surface area (Å²) in [6.45, 7) is 1.83. The van der Waals surface area contributed by atoms with Gasteiger partial charge in [0.25, 0.3) is 0 Å². The molecular weight excluding hydrogens is 191 g/mol. The molecule has 0 aliphatic heterocycles. The molecule has 9 heavy (non-hydrogen) atoms. The Morgan fingerprint density at radius 1 is 1.56 bits per heavy atom. The fraction of sp³-hybridized carbons (Fsp3) is 0.400. The first-order valence-electron chi connectivity index (χ1n) is 2.04. The topological polar surface area (TPSA) is 30.7 Å². The van der Waals surface area contributed by atoms with Gasteiger partial charge in [-0.05, 0) is 12.2 Å². The number of aryl methyl sites for hydroxylation is 2. The zero-order chi connectivity index (χ0) is 5.28. The summed E-state index contributed by atoms with van der Waals surface area (Å²) in [4.78, 5) is 3.74. The fourth-order valence-corrected chi connectivity index (χ4v) is 0.407. The summed E-state index contributed by atoms with van der Waals surface area (Å²) in [7, 11) is 1.79. The van der Waals surface area contributed by atoms with Gasteiger partial charge >= 0.3 is 0 Å². The predicted octanol–water partition coefficient (Wildman–Crippen LogP) is 0.372. The van der Waals surface area contributed by atoms with E-state index in [1.807, 2.05) is 6.92 Å². The van der Waals surface area contributed by atoms with Gasteiger partial charge in [0.2, 0.25) is 0 Å². The van der Waals surface area contributed by atoms with Gasteiger partial charge in [0, 0.05) is 39.8 Å². The van der Waals surface area contributed by atoms with Crippen molar-refractivity contribution in [2.75, 3.05) is 0 Å². The Bertz CT molecular complexity index is 144. The molecule has 1 aromatic rings. The molecule has 0 aliphatic rings. The first-order chi connectivity index (χ1) is 3.29. The van der Waals surface area contributed by atoms with Crippen LogP contribution in [0.5, 0.6) is 0 Å². The number of rotatable bonds is 0. The molecule has 0 saturated heterocycles. The maximum atomic E-state index is 3.86. The van der Waals surface area contributed by atoms with Gasteiger partial charge in [0.05, 0.1) is 0 Å². The second-order valence-electron chi connectivity index (χ2n) is 1.38. The van der Waals surface area contributed by atoms with E-state index in [2.05, 4.69) is 16.4 Å². The Labute approximate surface area is 80.7 Å². The Balaban J connectivity index is 0. The van der Waals surface area contributed by atoms with Crippen molar-refractivity contribution in [3.63, 3.8) is 0 Å². The van der Waals surface area contributed by atoms with Gasteiger partial charge in [-0.2, -0.15) is 0 Å². The van der Waals surface area contributed by atoms with Crippen molar-refractivity contribution in [1.29, 1.82) is 0 Å². The first-order valence-corrected chi connectivity index (χ1v) is 2.04. The molecule has 0 aliphatic carbocycles. The SMILES string of the molecule is Cc1n[c-]n(C)n1.[CH3-].[Y]. The summed E-state index contributed by atoms with van der Waals surface area (Å²) in [5, 5.41) is 3.86. The standard InChI is InChI=1S/C4H6N3.CH3.Y/c1-4-5-3-7(2)6-4;;/h1-2H3;1H3;/q2*-1;. The van der Waals surface area contributed by atoms with Crippen molar-refractivity contribution < 1.29 is 32.7 Å². The van der Waals surface area contributed by atoms with E-state index in [1.165, 1.54) is 0 Å². The third kappa shape index (κ3) is 3.76. The minimum atomic E-state index is 0. The summed E-state index contributed by atoms with van der Waals surface area (Å²) in [6, 6.07) is 0. The van der Waals surface area contributed by atoms with Gasteiger partial charge in [-0.15, -0.1) is 0 Å². The van der Waals surface area contributed by atoms with E-state index in [9.17, 15) is 0 Å².